The number of likely N-dealkylation sites (tertiary alicyclic amines) is 1. The van der Waals surface area contributed by atoms with Gasteiger partial charge >= 0.3 is 6.03 Å². The summed E-state index contributed by atoms with van der Waals surface area (Å²) < 4.78 is 0. The quantitative estimate of drug-likeness (QED) is 0.806. The molecule has 1 aromatic rings. The number of piperidine rings is 1. The summed E-state index contributed by atoms with van der Waals surface area (Å²) in [6, 6.07) is 7.41. The number of nitrogens with one attached hydrogen (secondary N) is 1. The van der Waals surface area contributed by atoms with E-state index in [1.54, 1.807) is 11.0 Å². The van der Waals surface area contributed by atoms with Crippen LogP contribution in [0.3, 0.4) is 0 Å². The molecule has 1 saturated heterocycles. The molecule has 23 heavy (non-hydrogen) atoms. The van der Waals surface area contributed by atoms with Crippen LogP contribution >= 0.6 is 11.6 Å². The summed E-state index contributed by atoms with van der Waals surface area (Å²) in [5, 5.41) is 14.5. The van der Waals surface area contributed by atoms with Gasteiger partial charge in [0.1, 0.15) is 0 Å². The lowest BCUT2D eigenvalue weighted by molar-refractivity contribution is -0.0169. The topological polar surface area (TPSA) is 52.6 Å². The zero-order chi connectivity index (χ0) is 16.9. The van der Waals surface area contributed by atoms with Crippen LogP contribution in [0.25, 0.3) is 0 Å². The van der Waals surface area contributed by atoms with Gasteiger partial charge in [0.05, 0.1) is 5.60 Å². The van der Waals surface area contributed by atoms with Gasteiger partial charge < -0.3 is 15.3 Å². The van der Waals surface area contributed by atoms with E-state index in [0.717, 1.165) is 18.4 Å². The molecular weight excluding hydrogens is 312 g/mol. The van der Waals surface area contributed by atoms with Gasteiger partial charge in [-0.25, -0.2) is 4.79 Å². The SMILES string of the molecule is C=CCC(CC)NC(=O)N1CCC(O)(c2ccccc2Cl)CC1. The molecule has 1 fully saturated rings. The smallest absolute Gasteiger partial charge is 0.317 e. The Kier molecular flexibility index (Phi) is 6.08. The predicted molar refractivity (Wildman–Crippen MR) is 93.6 cm³/mol. The van der Waals surface area contributed by atoms with Gasteiger partial charge in [0, 0.05) is 29.7 Å². The molecule has 4 nitrogen and oxygen atoms in total. The number of carbonyl (C=O) groups excluding carboxylic acids is 1. The molecule has 1 unspecified atom stereocenters. The monoisotopic (exact) mass is 336 g/mol. The van der Waals surface area contributed by atoms with Crippen molar-refractivity contribution in [2.24, 2.45) is 0 Å². The number of urea groups is 1. The Bertz CT molecular complexity index is 554. The zero-order valence-corrected chi connectivity index (χ0v) is 14.4. The van der Waals surface area contributed by atoms with E-state index in [0.29, 0.717) is 31.0 Å². The third-order valence-electron chi connectivity index (χ3n) is 4.52. The van der Waals surface area contributed by atoms with Gasteiger partial charge in [-0.05, 0) is 31.7 Å². The highest BCUT2D eigenvalue weighted by Crippen LogP contribution is 2.36. The maximum Gasteiger partial charge on any atom is 0.317 e. The molecule has 0 saturated carbocycles. The molecule has 1 aliphatic heterocycles. The Morgan fingerprint density at radius 2 is 2.13 bits per heavy atom. The van der Waals surface area contributed by atoms with Crippen LogP contribution in [0.5, 0.6) is 0 Å². The molecule has 1 heterocycles. The van der Waals surface area contributed by atoms with Crippen LogP contribution in [-0.4, -0.2) is 35.2 Å². The molecule has 1 aromatic carbocycles. The van der Waals surface area contributed by atoms with Gasteiger partial charge in [-0.15, -0.1) is 6.58 Å². The van der Waals surface area contributed by atoms with Gasteiger partial charge in [-0.3, -0.25) is 0 Å². The normalized spacial score (nSPS) is 18.3. The summed E-state index contributed by atoms with van der Waals surface area (Å²) in [5.41, 5.74) is -0.208. The fourth-order valence-corrected chi connectivity index (χ4v) is 3.29. The highest BCUT2D eigenvalue weighted by Gasteiger charge is 2.36. The highest BCUT2D eigenvalue weighted by molar-refractivity contribution is 6.31. The lowest BCUT2D eigenvalue weighted by Gasteiger charge is -2.39. The number of nitrogens with zero attached hydrogens (tertiary/aromatic N) is 1. The summed E-state index contributed by atoms with van der Waals surface area (Å²) in [6.45, 7) is 6.79. The van der Waals surface area contributed by atoms with E-state index in [1.807, 2.05) is 31.2 Å². The lowest BCUT2D eigenvalue weighted by atomic mass is 9.84. The van der Waals surface area contributed by atoms with Crippen molar-refractivity contribution in [3.8, 4) is 0 Å². The third kappa shape index (κ3) is 4.27. The first-order valence-electron chi connectivity index (χ1n) is 8.14. The molecule has 1 aliphatic rings. The van der Waals surface area contributed by atoms with Gasteiger partial charge in [-0.1, -0.05) is 42.8 Å². The van der Waals surface area contributed by atoms with Crippen LogP contribution in [0.4, 0.5) is 4.79 Å². The standard InChI is InChI=1S/C18H25ClN2O2/c1-3-7-14(4-2)20-17(22)21-12-10-18(23,11-13-21)15-8-5-6-9-16(15)19/h3,5-6,8-9,14,23H,1,4,7,10-13H2,2H3,(H,20,22). The lowest BCUT2D eigenvalue weighted by Crippen LogP contribution is -2.50. The Morgan fingerprint density at radius 1 is 1.48 bits per heavy atom. The van der Waals surface area contributed by atoms with Crippen molar-refractivity contribution in [3.63, 3.8) is 0 Å². The van der Waals surface area contributed by atoms with Crippen molar-refractivity contribution in [2.75, 3.05) is 13.1 Å². The van der Waals surface area contributed by atoms with Crippen LogP contribution < -0.4 is 5.32 Å². The molecule has 2 N–H and O–H groups in total. The molecule has 5 heteroatoms. The first-order valence-corrected chi connectivity index (χ1v) is 8.51. The van der Waals surface area contributed by atoms with E-state index in [2.05, 4.69) is 11.9 Å². The number of benzene rings is 1. The largest absolute Gasteiger partial charge is 0.385 e. The van der Waals surface area contributed by atoms with Crippen LogP contribution in [0, 0.1) is 0 Å². The number of rotatable bonds is 5. The molecule has 2 rings (SSSR count). The van der Waals surface area contributed by atoms with Crippen molar-refractivity contribution >= 4 is 17.6 Å². The first-order chi connectivity index (χ1) is 11.0. The highest BCUT2D eigenvalue weighted by atomic mass is 35.5. The van der Waals surface area contributed by atoms with Crippen molar-refractivity contribution in [1.82, 2.24) is 10.2 Å². The third-order valence-corrected chi connectivity index (χ3v) is 4.85. The number of amides is 2. The maximum atomic E-state index is 12.3. The predicted octanol–water partition coefficient (Wildman–Crippen LogP) is 3.69. The second-order valence-corrected chi connectivity index (χ2v) is 6.48. The Balaban J connectivity index is 1.96. The average molecular weight is 337 g/mol. The summed E-state index contributed by atoms with van der Waals surface area (Å²) in [4.78, 5) is 14.1. The number of hydrogen-bond donors (Lipinski definition) is 2. The fourth-order valence-electron chi connectivity index (χ4n) is 2.98. The van der Waals surface area contributed by atoms with Crippen LogP contribution in [-0.2, 0) is 5.60 Å². The number of halogens is 1. The molecule has 1 atom stereocenters. The summed E-state index contributed by atoms with van der Waals surface area (Å²) in [6.07, 6.45) is 4.43. The van der Waals surface area contributed by atoms with E-state index in [-0.39, 0.29) is 12.1 Å². The average Bonchev–Trinajstić information content (AvgIpc) is 2.55. The van der Waals surface area contributed by atoms with E-state index in [9.17, 15) is 9.90 Å². The summed E-state index contributed by atoms with van der Waals surface area (Å²) >= 11 is 6.21. The molecule has 0 radical (unpaired) electrons. The minimum absolute atomic E-state index is 0.0695. The fraction of sp³-hybridized carbons (Fsp3) is 0.500. The van der Waals surface area contributed by atoms with E-state index < -0.39 is 5.60 Å². The van der Waals surface area contributed by atoms with Gasteiger partial charge in [0.2, 0.25) is 0 Å². The number of aliphatic hydroxyl groups is 1. The second kappa shape index (κ2) is 7.84. The number of hydrogen-bond acceptors (Lipinski definition) is 2. The minimum atomic E-state index is -0.958. The van der Waals surface area contributed by atoms with Crippen molar-refractivity contribution in [3.05, 3.63) is 47.5 Å². The molecule has 0 spiro atoms. The Hall–Kier alpha value is -1.52. The van der Waals surface area contributed by atoms with Crippen LogP contribution in [0.2, 0.25) is 5.02 Å². The molecule has 0 aromatic heterocycles. The minimum Gasteiger partial charge on any atom is -0.385 e. The molecule has 0 aliphatic carbocycles. The first kappa shape index (κ1) is 17.8. The Morgan fingerprint density at radius 3 is 2.70 bits per heavy atom. The zero-order valence-electron chi connectivity index (χ0n) is 13.6. The van der Waals surface area contributed by atoms with E-state index >= 15 is 0 Å². The van der Waals surface area contributed by atoms with Gasteiger partial charge in [0.15, 0.2) is 0 Å². The van der Waals surface area contributed by atoms with Gasteiger partial charge in [0.25, 0.3) is 0 Å². The van der Waals surface area contributed by atoms with Crippen molar-refractivity contribution < 1.29 is 9.90 Å². The van der Waals surface area contributed by atoms with Crippen molar-refractivity contribution in [1.29, 1.82) is 0 Å². The maximum absolute atomic E-state index is 12.3. The molecule has 0 bridgehead atoms. The van der Waals surface area contributed by atoms with Gasteiger partial charge in [-0.2, -0.15) is 0 Å². The summed E-state index contributed by atoms with van der Waals surface area (Å²) in [7, 11) is 0. The number of carbonyl (C=O) groups is 1. The second-order valence-electron chi connectivity index (χ2n) is 6.08. The van der Waals surface area contributed by atoms with Crippen LogP contribution in [0.1, 0.15) is 38.2 Å². The molecular formula is C18H25ClN2O2. The molecule has 2 amide bonds. The van der Waals surface area contributed by atoms with Crippen molar-refractivity contribution in [2.45, 2.75) is 44.2 Å². The Labute approximate surface area is 143 Å². The summed E-state index contributed by atoms with van der Waals surface area (Å²) in [5.74, 6) is 0. The van der Waals surface area contributed by atoms with Crippen LogP contribution in [0.15, 0.2) is 36.9 Å². The van der Waals surface area contributed by atoms with E-state index in [4.69, 9.17) is 11.6 Å². The van der Waals surface area contributed by atoms with E-state index in [1.165, 1.54) is 0 Å². The molecule has 126 valence electrons.